The van der Waals surface area contributed by atoms with Crippen LogP contribution in [0, 0.1) is 0 Å². The molecule has 1 amide bonds. The van der Waals surface area contributed by atoms with Crippen LogP contribution in [0.1, 0.15) is 39.7 Å². The molecule has 0 radical (unpaired) electrons. The molecular formula is C16H23NO3. The van der Waals surface area contributed by atoms with Crippen molar-refractivity contribution in [1.82, 2.24) is 4.90 Å². The lowest BCUT2D eigenvalue weighted by molar-refractivity contribution is 0.0107. The number of fused-ring (bicyclic) bond motifs is 1. The van der Waals surface area contributed by atoms with Gasteiger partial charge in [-0.2, -0.15) is 0 Å². The molecule has 1 aliphatic rings. The molecule has 1 aliphatic heterocycles. The molecule has 4 nitrogen and oxygen atoms in total. The van der Waals surface area contributed by atoms with E-state index in [1.807, 2.05) is 45.0 Å². The zero-order valence-electron chi connectivity index (χ0n) is 12.7. The van der Waals surface area contributed by atoms with Crippen LogP contribution in [0.3, 0.4) is 0 Å². The van der Waals surface area contributed by atoms with E-state index in [1.54, 1.807) is 4.90 Å². The number of nitrogens with zero attached hydrogens (tertiary/aromatic N) is 1. The lowest BCUT2D eigenvalue weighted by Crippen LogP contribution is -2.44. The fraction of sp³-hybridized carbons (Fsp3) is 0.562. The van der Waals surface area contributed by atoms with Crippen LogP contribution < -0.4 is 4.74 Å². The van der Waals surface area contributed by atoms with Gasteiger partial charge in [0, 0.05) is 5.56 Å². The number of hydrogen-bond acceptors (Lipinski definition) is 3. The standard InChI is InChI=1S/C16H23NO3/c1-5-13-11-19-14-9-7-6-8-12(14)10-17(13)15(18)20-16(2,3)4/h6-9,13H,5,10-11H2,1-4H3/t13-/m0/s1. The summed E-state index contributed by atoms with van der Waals surface area (Å²) in [4.78, 5) is 14.2. The number of ether oxygens (including phenoxy) is 2. The first-order chi connectivity index (χ1) is 9.40. The van der Waals surface area contributed by atoms with E-state index in [0.29, 0.717) is 13.2 Å². The fourth-order valence-electron chi connectivity index (χ4n) is 2.24. The van der Waals surface area contributed by atoms with Crippen LogP contribution in [-0.4, -0.2) is 29.2 Å². The van der Waals surface area contributed by atoms with Gasteiger partial charge in [-0.05, 0) is 33.3 Å². The summed E-state index contributed by atoms with van der Waals surface area (Å²) < 4.78 is 11.3. The number of amides is 1. The molecule has 1 heterocycles. The van der Waals surface area contributed by atoms with Gasteiger partial charge in [0.25, 0.3) is 0 Å². The minimum absolute atomic E-state index is 0.0391. The molecular weight excluding hydrogens is 254 g/mol. The maximum atomic E-state index is 12.4. The summed E-state index contributed by atoms with van der Waals surface area (Å²) in [7, 11) is 0. The quantitative estimate of drug-likeness (QED) is 0.787. The van der Waals surface area contributed by atoms with Crippen molar-refractivity contribution in [2.45, 2.75) is 52.3 Å². The van der Waals surface area contributed by atoms with Crippen molar-refractivity contribution in [1.29, 1.82) is 0 Å². The summed E-state index contributed by atoms with van der Waals surface area (Å²) in [6.07, 6.45) is 0.567. The van der Waals surface area contributed by atoms with Crippen molar-refractivity contribution in [3.63, 3.8) is 0 Å². The Hall–Kier alpha value is -1.71. The first-order valence-corrected chi connectivity index (χ1v) is 7.11. The highest BCUT2D eigenvalue weighted by Gasteiger charge is 2.30. The van der Waals surface area contributed by atoms with Crippen molar-refractivity contribution < 1.29 is 14.3 Å². The molecule has 0 spiro atoms. The topological polar surface area (TPSA) is 38.8 Å². The number of benzene rings is 1. The predicted octanol–water partition coefficient (Wildman–Crippen LogP) is 3.59. The van der Waals surface area contributed by atoms with E-state index in [4.69, 9.17) is 9.47 Å². The summed E-state index contributed by atoms with van der Waals surface area (Å²) in [5, 5.41) is 0. The fourth-order valence-corrected chi connectivity index (χ4v) is 2.24. The van der Waals surface area contributed by atoms with Gasteiger partial charge in [0.2, 0.25) is 0 Å². The Balaban J connectivity index is 2.22. The zero-order chi connectivity index (χ0) is 14.8. The summed E-state index contributed by atoms with van der Waals surface area (Å²) in [6, 6.07) is 7.88. The van der Waals surface area contributed by atoms with Crippen molar-refractivity contribution in [2.24, 2.45) is 0 Å². The highest BCUT2D eigenvalue weighted by molar-refractivity contribution is 5.69. The first kappa shape index (κ1) is 14.7. The van der Waals surface area contributed by atoms with Gasteiger partial charge >= 0.3 is 6.09 Å². The summed E-state index contributed by atoms with van der Waals surface area (Å²) in [6.45, 7) is 8.74. The monoisotopic (exact) mass is 277 g/mol. The summed E-state index contributed by atoms with van der Waals surface area (Å²) in [5.74, 6) is 0.858. The average Bonchev–Trinajstić information content (AvgIpc) is 2.55. The third-order valence-corrected chi connectivity index (χ3v) is 3.28. The van der Waals surface area contributed by atoms with Crippen LogP contribution in [0.25, 0.3) is 0 Å². The van der Waals surface area contributed by atoms with Crippen LogP contribution in [0.2, 0.25) is 0 Å². The van der Waals surface area contributed by atoms with Crippen molar-refractivity contribution in [3.05, 3.63) is 29.8 Å². The van der Waals surface area contributed by atoms with Gasteiger partial charge in [-0.3, -0.25) is 4.90 Å². The molecule has 0 saturated carbocycles. The second-order valence-electron chi connectivity index (χ2n) is 6.09. The number of rotatable bonds is 1. The van der Waals surface area contributed by atoms with Crippen molar-refractivity contribution in [3.8, 4) is 5.75 Å². The molecule has 1 aromatic rings. The van der Waals surface area contributed by atoms with E-state index >= 15 is 0 Å². The van der Waals surface area contributed by atoms with Crippen LogP contribution in [0.4, 0.5) is 4.79 Å². The molecule has 4 heteroatoms. The van der Waals surface area contributed by atoms with Gasteiger partial charge in [0.05, 0.1) is 12.6 Å². The molecule has 0 aliphatic carbocycles. The molecule has 0 saturated heterocycles. The normalized spacial score (nSPS) is 18.8. The van der Waals surface area contributed by atoms with Gasteiger partial charge in [-0.15, -0.1) is 0 Å². The third kappa shape index (κ3) is 3.44. The van der Waals surface area contributed by atoms with Crippen LogP contribution in [-0.2, 0) is 11.3 Å². The molecule has 0 aromatic heterocycles. The third-order valence-electron chi connectivity index (χ3n) is 3.28. The molecule has 0 fully saturated rings. The van der Waals surface area contributed by atoms with Gasteiger partial charge < -0.3 is 9.47 Å². The van der Waals surface area contributed by atoms with Gasteiger partial charge in [-0.25, -0.2) is 4.79 Å². The Morgan fingerprint density at radius 3 is 2.75 bits per heavy atom. The number of carbonyl (C=O) groups is 1. The Labute approximate surface area is 120 Å². The Morgan fingerprint density at radius 1 is 1.40 bits per heavy atom. The Bertz CT molecular complexity index is 479. The average molecular weight is 277 g/mol. The SMILES string of the molecule is CC[C@H]1COc2ccccc2CN1C(=O)OC(C)(C)C. The number of hydrogen-bond donors (Lipinski definition) is 0. The molecule has 0 N–H and O–H groups in total. The maximum Gasteiger partial charge on any atom is 0.410 e. The van der Waals surface area contributed by atoms with E-state index in [-0.39, 0.29) is 12.1 Å². The molecule has 1 aromatic carbocycles. The van der Waals surface area contributed by atoms with Crippen LogP contribution in [0.5, 0.6) is 5.75 Å². The first-order valence-electron chi connectivity index (χ1n) is 7.11. The van der Waals surface area contributed by atoms with E-state index in [0.717, 1.165) is 17.7 Å². The molecule has 2 rings (SSSR count). The highest BCUT2D eigenvalue weighted by atomic mass is 16.6. The maximum absolute atomic E-state index is 12.4. The zero-order valence-corrected chi connectivity index (χ0v) is 12.7. The van der Waals surface area contributed by atoms with Crippen molar-refractivity contribution in [2.75, 3.05) is 6.61 Å². The lowest BCUT2D eigenvalue weighted by Gasteiger charge is -2.31. The number of carbonyl (C=O) groups excluding carboxylic acids is 1. The second kappa shape index (κ2) is 5.73. The van der Waals surface area contributed by atoms with Gasteiger partial charge in [-0.1, -0.05) is 25.1 Å². The molecule has 110 valence electrons. The largest absolute Gasteiger partial charge is 0.491 e. The van der Waals surface area contributed by atoms with Crippen molar-refractivity contribution >= 4 is 6.09 Å². The van der Waals surface area contributed by atoms with E-state index in [2.05, 4.69) is 6.92 Å². The minimum atomic E-state index is -0.484. The summed E-state index contributed by atoms with van der Waals surface area (Å²) in [5.41, 5.74) is 0.538. The lowest BCUT2D eigenvalue weighted by atomic mass is 10.1. The van der Waals surface area contributed by atoms with Gasteiger partial charge in [0.15, 0.2) is 0 Å². The summed E-state index contributed by atoms with van der Waals surface area (Å²) >= 11 is 0. The van der Waals surface area contributed by atoms with E-state index in [9.17, 15) is 4.79 Å². The smallest absolute Gasteiger partial charge is 0.410 e. The molecule has 20 heavy (non-hydrogen) atoms. The van der Waals surface area contributed by atoms with E-state index < -0.39 is 5.60 Å². The minimum Gasteiger partial charge on any atom is -0.491 e. The predicted molar refractivity (Wildman–Crippen MR) is 77.8 cm³/mol. The molecule has 0 bridgehead atoms. The van der Waals surface area contributed by atoms with E-state index in [1.165, 1.54) is 0 Å². The van der Waals surface area contributed by atoms with Crippen LogP contribution in [0.15, 0.2) is 24.3 Å². The Kier molecular flexibility index (Phi) is 4.21. The van der Waals surface area contributed by atoms with Gasteiger partial charge in [0.1, 0.15) is 18.0 Å². The second-order valence-corrected chi connectivity index (χ2v) is 6.09. The highest BCUT2D eigenvalue weighted by Crippen LogP contribution is 2.26. The molecule has 1 atom stereocenters. The Morgan fingerprint density at radius 2 is 2.10 bits per heavy atom. The molecule has 0 unspecified atom stereocenters. The van der Waals surface area contributed by atoms with Crippen LogP contribution >= 0.6 is 0 Å². The number of para-hydroxylation sites is 1.